The highest BCUT2D eigenvalue weighted by Gasteiger charge is 2.13. The van der Waals surface area contributed by atoms with E-state index in [1.807, 2.05) is 0 Å². The topological polar surface area (TPSA) is 54.7 Å². The van der Waals surface area contributed by atoms with Gasteiger partial charge < -0.3 is 10.7 Å². The molecule has 2 heterocycles. The summed E-state index contributed by atoms with van der Waals surface area (Å²) in [6, 6.07) is 5.60. The largest absolute Gasteiger partial charge is 0.390 e. The Kier molecular flexibility index (Phi) is 3.17. The molecule has 6 heteroatoms. The van der Waals surface area contributed by atoms with E-state index >= 15 is 0 Å². The molecule has 0 atom stereocenters. The number of H-pyrrole nitrogens is 1. The molecule has 0 aliphatic heterocycles. The number of imidazole rings is 1. The first-order valence-electron chi connectivity index (χ1n) is 5.81. The predicted octanol–water partition coefficient (Wildman–Crippen LogP) is 4.74. The van der Waals surface area contributed by atoms with Crippen LogP contribution in [-0.4, -0.2) is 9.97 Å². The quantitative estimate of drug-likeness (QED) is 0.718. The summed E-state index contributed by atoms with van der Waals surface area (Å²) in [4.78, 5) is 8.99. The Morgan fingerprint density at radius 2 is 2.00 bits per heavy atom. The van der Waals surface area contributed by atoms with Crippen molar-refractivity contribution in [2.45, 2.75) is 13.3 Å². The lowest BCUT2D eigenvalue weighted by atomic mass is 10.2. The normalized spacial score (nSPS) is 11.3. The van der Waals surface area contributed by atoms with Crippen molar-refractivity contribution in [1.29, 1.82) is 0 Å². The number of fused-ring (bicyclic) bond motifs is 1. The van der Waals surface area contributed by atoms with E-state index in [9.17, 15) is 0 Å². The van der Waals surface area contributed by atoms with Crippen LogP contribution in [0.4, 0.5) is 5.00 Å². The average Bonchev–Trinajstić information content (AvgIpc) is 2.93. The number of benzene rings is 1. The number of rotatable bonds is 2. The first kappa shape index (κ1) is 12.8. The Hall–Kier alpha value is -1.23. The number of aromatic nitrogens is 2. The zero-order valence-corrected chi connectivity index (χ0v) is 12.5. The molecule has 0 amide bonds. The van der Waals surface area contributed by atoms with Crippen molar-refractivity contribution in [3.8, 4) is 11.4 Å². The second-order valence-electron chi connectivity index (χ2n) is 4.21. The summed E-state index contributed by atoms with van der Waals surface area (Å²) in [6.07, 6.45) is 0.965. The number of nitrogens with two attached hydrogens (primary N) is 1. The monoisotopic (exact) mass is 311 g/mol. The van der Waals surface area contributed by atoms with E-state index < -0.39 is 0 Å². The molecule has 3 rings (SSSR count). The van der Waals surface area contributed by atoms with Crippen LogP contribution in [-0.2, 0) is 6.42 Å². The molecule has 2 aromatic heterocycles. The molecule has 0 aliphatic carbocycles. The Balaban J connectivity index is 2.17. The number of halogens is 2. The average molecular weight is 312 g/mol. The highest BCUT2D eigenvalue weighted by atomic mass is 35.5. The van der Waals surface area contributed by atoms with Gasteiger partial charge in [-0.05, 0) is 24.6 Å². The highest BCUT2D eigenvalue weighted by molar-refractivity contribution is 7.16. The number of aryl methyl sites for hydroxylation is 1. The van der Waals surface area contributed by atoms with Crippen molar-refractivity contribution in [1.82, 2.24) is 9.97 Å². The molecule has 0 radical (unpaired) electrons. The highest BCUT2D eigenvalue weighted by Crippen LogP contribution is 2.35. The summed E-state index contributed by atoms with van der Waals surface area (Å²) in [5.74, 6) is 0.752. The fourth-order valence-corrected chi connectivity index (χ4v) is 3.14. The van der Waals surface area contributed by atoms with E-state index in [0.29, 0.717) is 10.0 Å². The number of nitrogens with one attached hydrogen (secondary N) is 1. The first-order valence-corrected chi connectivity index (χ1v) is 7.39. The summed E-state index contributed by atoms with van der Waals surface area (Å²) in [5.41, 5.74) is 8.61. The van der Waals surface area contributed by atoms with Gasteiger partial charge in [-0.1, -0.05) is 30.1 Å². The molecule has 0 bridgehead atoms. The second kappa shape index (κ2) is 4.71. The zero-order chi connectivity index (χ0) is 13.6. The third kappa shape index (κ3) is 2.20. The summed E-state index contributed by atoms with van der Waals surface area (Å²) in [6.45, 7) is 2.10. The fourth-order valence-electron chi connectivity index (χ4n) is 1.95. The van der Waals surface area contributed by atoms with Gasteiger partial charge in [0, 0.05) is 4.88 Å². The lowest BCUT2D eigenvalue weighted by Crippen LogP contribution is -1.84. The van der Waals surface area contributed by atoms with Gasteiger partial charge in [-0.25, -0.2) is 4.98 Å². The molecule has 0 aliphatic rings. The summed E-state index contributed by atoms with van der Waals surface area (Å²) in [7, 11) is 0. The van der Waals surface area contributed by atoms with Gasteiger partial charge >= 0.3 is 0 Å². The van der Waals surface area contributed by atoms with Crippen molar-refractivity contribution < 1.29 is 0 Å². The SMILES string of the molecule is CCc1cc(-c2nc3cc(Cl)c(Cl)cc3[nH]2)c(N)s1. The summed E-state index contributed by atoms with van der Waals surface area (Å²) in [5, 5.41) is 1.78. The van der Waals surface area contributed by atoms with Crippen LogP contribution >= 0.6 is 34.5 Å². The molecular formula is C13H11Cl2N3S. The maximum atomic E-state index is 6.04. The third-order valence-corrected chi connectivity index (χ3v) is 4.77. The van der Waals surface area contributed by atoms with Crippen molar-refractivity contribution in [2.75, 3.05) is 5.73 Å². The Morgan fingerprint density at radius 1 is 1.26 bits per heavy atom. The molecule has 19 heavy (non-hydrogen) atoms. The number of nitrogen functional groups attached to an aromatic ring is 1. The van der Waals surface area contributed by atoms with E-state index in [0.717, 1.165) is 33.8 Å². The van der Waals surface area contributed by atoms with Gasteiger partial charge in [0.1, 0.15) is 5.82 Å². The van der Waals surface area contributed by atoms with E-state index in [1.165, 1.54) is 4.88 Å². The maximum absolute atomic E-state index is 6.04. The van der Waals surface area contributed by atoms with Gasteiger partial charge in [0.2, 0.25) is 0 Å². The van der Waals surface area contributed by atoms with Crippen LogP contribution in [0, 0.1) is 0 Å². The van der Waals surface area contributed by atoms with E-state index in [1.54, 1.807) is 23.5 Å². The number of anilines is 1. The van der Waals surface area contributed by atoms with Gasteiger partial charge in [-0.2, -0.15) is 0 Å². The lowest BCUT2D eigenvalue weighted by Gasteiger charge is -1.93. The minimum atomic E-state index is 0.500. The van der Waals surface area contributed by atoms with Gasteiger partial charge in [-0.15, -0.1) is 11.3 Å². The first-order chi connectivity index (χ1) is 9.08. The molecule has 0 saturated carbocycles. The smallest absolute Gasteiger partial charge is 0.141 e. The van der Waals surface area contributed by atoms with E-state index in [-0.39, 0.29) is 0 Å². The van der Waals surface area contributed by atoms with Crippen molar-refractivity contribution in [3.05, 3.63) is 33.1 Å². The molecule has 0 saturated heterocycles. The number of thiophene rings is 1. The molecule has 3 N–H and O–H groups in total. The molecule has 0 unspecified atom stereocenters. The van der Waals surface area contributed by atoms with Gasteiger partial charge in [0.05, 0.1) is 31.6 Å². The minimum Gasteiger partial charge on any atom is -0.390 e. The molecule has 98 valence electrons. The van der Waals surface area contributed by atoms with E-state index in [2.05, 4.69) is 23.0 Å². The van der Waals surface area contributed by atoms with Crippen LogP contribution in [0.5, 0.6) is 0 Å². The van der Waals surface area contributed by atoms with Crippen molar-refractivity contribution in [2.24, 2.45) is 0 Å². The Morgan fingerprint density at radius 3 is 2.68 bits per heavy atom. The van der Waals surface area contributed by atoms with Crippen LogP contribution in [0.2, 0.25) is 10.0 Å². The van der Waals surface area contributed by atoms with Crippen LogP contribution < -0.4 is 5.73 Å². The van der Waals surface area contributed by atoms with Crippen LogP contribution in [0.15, 0.2) is 18.2 Å². The van der Waals surface area contributed by atoms with Gasteiger partial charge in [0.15, 0.2) is 0 Å². The van der Waals surface area contributed by atoms with Gasteiger partial charge in [0.25, 0.3) is 0 Å². The molecule has 1 aromatic carbocycles. The number of hydrogen-bond acceptors (Lipinski definition) is 3. The number of nitrogens with zero attached hydrogens (tertiary/aromatic N) is 1. The van der Waals surface area contributed by atoms with Crippen LogP contribution in [0.1, 0.15) is 11.8 Å². The van der Waals surface area contributed by atoms with Crippen LogP contribution in [0.25, 0.3) is 22.4 Å². The van der Waals surface area contributed by atoms with Crippen molar-refractivity contribution >= 4 is 50.6 Å². The molecule has 0 spiro atoms. The lowest BCUT2D eigenvalue weighted by molar-refractivity contribution is 1.18. The summed E-state index contributed by atoms with van der Waals surface area (Å²) >= 11 is 13.6. The molecular weight excluding hydrogens is 301 g/mol. The Labute approximate surface area is 124 Å². The zero-order valence-electron chi connectivity index (χ0n) is 10.1. The number of aromatic amines is 1. The third-order valence-electron chi connectivity index (χ3n) is 2.94. The number of hydrogen-bond donors (Lipinski definition) is 2. The summed E-state index contributed by atoms with van der Waals surface area (Å²) < 4.78 is 0. The standard InChI is InChI=1S/C13H11Cl2N3S/c1-2-6-3-7(12(16)19-6)13-17-10-4-8(14)9(15)5-11(10)18-13/h3-5H,2,16H2,1H3,(H,17,18). The van der Waals surface area contributed by atoms with Crippen molar-refractivity contribution in [3.63, 3.8) is 0 Å². The minimum absolute atomic E-state index is 0.500. The molecule has 3 aromatic rings. The Bertz CT molecular complexity index is 722. The fraction of sp³-hybridized carbons (Fsp3) is 0.154. The van der Waals surface area contributed by atoms with E-state index in [4.69, 9.17) is 28.9 Å². The molecule has 3 nitrogen and oxygen atoms in total. The predicted molar refractivity (Wildman–Crippen MR) is 83.2 cm³/mol. The second-order valence-corrected chi connectivity index (χ2v) is 6.20. The van der Waals surface area contributed by atoms with Gasteiger partial charge in [-0.3, -0.25) is 0 Å². The maximum Gasteiger partial charge on any atom is 0.141 e. The van der Waals surface area contributed by atoms with Crippen LogP contribution in [0.3, 0.4) is 0 Å². The molecule has 0 fully saturated rings.